The summed E-state index contributed by atoms with van der Waals surface area (Å²) in [6.07, 6.45) is 1.39. The van der Waals surface area contributed by atoms with Gasteiger partial charge in [-0.25, -0.2) is 13.6 Å². The largest absolute Gasteiger partial charge is 0.372 e. The monoisotopic (exact) mass is 346 g/mol. The molecule has 4 nitrogen and oxygen atoms in total. The lowest BCUT2D eigenvalue weighted by molar-refractivity contribution is -0.000137. The lowest BCUT2D eigenvalue weighted by Crippen LogP contribution is -2.45. The number of nitrogens with zero attached hydrogens (tertiary/aromatic N) is 1. The van der Waals surface area contributed by atoms with E-state index in [9.17, 15) is 13.6 Å². The molecule has 1 aliphatic heterocycles. The predicted octanol–water partition coefficient (Wildman–Crippen LogP) is 4.18. The van der Waals surface area contributed by atoms with Gasteiger partial charge in [0.1, 0.15) is 11.6 Å². The Labute approximate surface area is 145 Å². The van der Waals surface area contributed by atoms with Crippen molar-refractivity contribution >= 4 is 11.7 Å². The molecule has 3 rings (SSSR count). The van der Waals surface area contributed by atoms with Crippen molar-refractivity contribution in [3.63, 3.8) is 0 Å². The Morgan fingerprint density at radius 3 is 2.80 bits per heavy atom. The SMILES string of the molecule is O=C(Nc1ccccc1)N1CCC[C@H](OCc2cc(F)ccc2F)C1. The van der Waals surface area contributed by atoms with Crippen LogP contribution in [0.15, 0.2) is 48.5 Å². The fraction of sp³-hybridized carbons (Fsp3) is 0.316. The van der Waals surface area contributed by atoms with Gasteiger partial charge in [-0.2, -0.15) is 0 Å². The molecule has 2 aromatic carbocycles. The van der Waals surface area contributed by atoms with Crippen molar-refractivity contribution in [1.29, 1.82) is 0 Å². The van der Waals surface area contributed by atoms with E-state index in [2.05, 4.69) is 5.32 Å². The van der Waals surface area contributed by atoms with Crippen molar-refractivity contribution in [2.45, 2.75) is 25.6 Å². The Bertz CT molecular complexity index is 725. The van der Waals surface area contributed by atoms with E-state index in [1.807, 2.05) is 30.3 Å². The van der Waals surface area contributed by atoms with Crippen LogP contribution in [0, 0.1) is 11.6 Å². The van der Waals surface area contributed by atoms with Crippen LogP contribution in [0.2, 0.25) is 0 Å². The number of ether oxygens (including phenoxy) is 1. The number of hydrogen-bond donors (Lipinski definition) is 1. The highest BCUT2D eigenvalue weighted by molar-refractivity contribution is 5.89. The second-order valence-electron chi connectivity index (χ2n) is 6.05. The van der Waals surface area contributed by atoms with Gasteiger partial charge in [-0.1, -0.05) is 18.2 Å². The summed E-state index contributed by atoms with van der Waals surface area (Å²) in [7, 11) is 0. The summed E-state index contributed by atoms with van der Waals surface area (Å²) in [6, 6.07) is 12.4. The van der Waals surface area contributed by atoms with Crippen LogP contribution in [0.4, 0.5) is 19.3 Å². The van der Waals surface area contributed by atoms with Crippen LogP contribution >= 0.6 is 0 Å². The first kappa shape index (κ1) is 17.4. The van der Waals surface area contributed by atoms with Crippen molar-refractivity contribution in [2.24, 2.45) is 0 Å². The average molecular weight is 346 g/mol. The van der Waals surface area contributed by atoms with Gasteiger partial charge < -0.3 is 15.0 Å². The molecule has 0 spiro atoms. The number of halogens is 2. The summed E-state index contributed by atoms with van der Waals surface area (Å²) in [4.78, 5) is 14.0. The molecule has 1 saturated heterocycles. The number of piperidine rings is 1. The molecule has 2 amide bonds. The van der Waals surface area contributed by atoms with Gasteiger partial charge in [0.05, 0.1) is 12.7 Å². The third-order valence-corrected chi connectivity index (χ3v) is 4.17. The Balaban J connectivity index is 1.54. The van der Waals surface area contributed by atoms with Crippen LogP contribution in [0.3, 0.4) is 0 Å². The van der Waals surface area contributed by atoms with Crippen LogP contribution in [-0.2, 0) is 11.3 Å². The number of anilines is 1. The number of hydrogen-bond acceptors (Lipinski definition) is 2. The first-order chi connectivity index (χ1) is 12.1. The van der Waals surface area contributed by atoms with Gasteiger partial charge in [-0.05, 0) is 43.2 Å². The van der Waals surface area contributed by atoms with Crippen molar-refractivity contribution < 1.29 is 18.3 Å². The average Bonchev–Trinajstić information content (AvgIpc) is 2.63. The molecule has 0 aromatic heterocycles. The minimum absolute atomic E-state index is 0.0115. The first-order valence-corrected chi connectivity index (χ1v) is 8.28. The maximum Gasteiger partial charge on any atom is 0.321 e. The van der Waals surface area contributed by atoms with Gasteiger partial charge in [-0.3, -0.25) is 0 Å². The molecular formula is C19H20F2N2O2. The van der Waals surface area contributed by atoms with Gasteiger partial charge >= 0.3 is 6.03 Å². The van der Waals surface area contributed by atoms with Gasteiger partial charge in [-0.15, -0.1) is 0 Å². The fourth-order valence-corrected chi connectivity index (χ4v) is 2.84. The minimum atomic E-state index is -0.493. The third-order valence-electron chi connectivity index (χ3n) is 4.17. The smallest absolute Gasteiger partial charge is 0.321 e. The Morgan fingerprint density at radius 2 is 2.00 bits per heavy atom. The highest BCUT2D eigenvalue weighted by Crippen LogP contribution is 2.18. The number of nitrogens with one attached hydrogen (secondary N) is 1. The number of benzene rings is 2. The van der Waals surface area contributed by atoms with Gasteiger partial charge in [0, 0.05) is 24.3 Å². The number of carbonyl (C=O) groups is 1. The van der Waals surface area contributed by atoms with E-state index in [1.54, 1.807) is 4.90 Å². The molecule has 1 aliphatic rings. The molecule has 6 heteroatoms. The topological polar surface area (TPSA) is 41.6 Å². The van der Waals surface area contributed by atoms with Crippen LogP contribution in [0.5, 0.6) is 0 Å². The Morgan fingerprint density at radius 1 is 1.20 bits per heavy atom. The molecule has 132 valence electrons. The van der Waals surface area contributed by atoms with Crippen LogP contribution in [0.25, 0.3) is 0 Å². The highest BCUT2D eigenvalue weighted by Gasteiger charge is 2.24. The maximum atomic E-state index is 13.6. The molecule has 2 aromatic rings. The van der Waals surface area contributed by atoms with E-state index in [0.29, 0.717) is 13.1 Å². The fourth-order valence-electron chi connectivity index (χ4n) is 2.84. The number of rotatable bonds is 4. The zero-order chi connectivity index (χ0) is 17.6. The number of para-hydroxylation sites is 1. The Hall–Kier alpha value is -2.47. The van der Waals surface area contributed by atoms with Crippen molar-refractivity contribution in [2.75, 3.05) is 18.4 Å². The molecule has 0 aliphatic carbocycles. The molecule has 1 fully saturated rings. The van der Waals surface area contributed by atoms with E-state index in [4.69, 9.17) is 4.74 Å². The summed E-state index contributed by atoms with van der Waals surface area (Å²) in [5, 5.41) is 2.84. The molecule has 0 unspecified atom stereocenters. The predicted molar refractivity (Wildman–Crippen MR) is 91.2 cm³/mol. The Kier molecular flexibility index (Phi) is 5.60. The van der Waals surface area contributed by atoms with E-state index >= 15 is 0 Å². The molecular weight excluding hydrogens is 326 g/mol. The highest BCUT2D eigenvalue weighted by atomic mass is 19.1. The molecule has 0 saturated carbocycles. The van der Waals surface area contributed by atoms with Crippen molar-refractivity contribution in [3.8, 4) is 0 Å². The van der Waals surface area contributed by atoms with E-state index < -0.39 is 11.6 Å². The molecule has 0 radical (unpaired) electrons. The minimum Gasteiger partial charge on any atom is -0.372 e. The number of amides is 2. The molecule has 1 heterocycles. The molecule has 1 atom stereocenters. The zero-order valence-corrected chi connectivity index (χ0v) is 13.8. The van der Waals surface area contributed by atoms with Gasteiger partial charge in [0.25, 0.3) is 0 Å². The van der Waals surface area contributed by atoms with Crippen molar-refractivity contribution in [3.05, 3.63) is 65.7 Å². The van der Waals surface area contributed by atoms with Crippen molar-refractivity contribution in [1.82, 2.24) is 4.90 Å². The lowest BCUT2D eigenvalue weighted by Gasteiger charge is -2.32. The molecule has 0 bridgehead atoms. The number of urea groups is 1. The zero-order valence-electron chi connectivity index (χ0n) is 13.8. The summed E-state index contributed by atoms with van der Waals surface area (Å²) in [6.45, 7) is 1.06. The molecule has 25 heavy (non-hydrogen) atoms. The molecule has 1 N–H and O–H groups in total. The van der Waals surface area contributed by atoms with Crippen LogP contribution < -0.4 is 5.32 Å². The second kappa shape index (κ2) is 8.07. The second-order valence-corrected chi connectivity index (χ2v) is 6.05. The quantitative estimate of drug-likeness (QED) is 0.902. The first-order valence-electron chi connectivity index (χ1n) is 8.28. The number of carbonyl (C=O) groups excluding carboxylic acids is 1. The third kappa shape index (κ3) is 4.76. The summed E-state index contributed by atoms with van der Waals surface area (Å²) in [5.74, 6) is -0.983. The summed E-state index contributed by atoms with van der Waals surface area (Å²) < 4.78 is 32.6. The van der Waals surface area contributed by atoms with Crippen LogP contribution in [-0.4, -0.2) is 30.1 Å². The van der Waals surface area contributed by atoms with E-state index in [-0.39, 0.29) is 24.3 Å². The lowest BCUT2D eigenvalue weighted by atomic mass is 10.1. The van der Waals surface area contributed by atoms with Gasteiger partial charge in [0.15, 0.2) is 0 Å². The van der Waals surface area contributed by atoms with Gasteiger partial charge in [0.2, 0.25) is 0 Å². The van der Waals surface area contributed by atoms with E-state index in [0.717, 1.165) is 36.7 Å². The van der Waals surface area contributed by atoms with E-state index in [1.165, 1.54) is 0 Å². The normalized spacial score (nSPS) is 17.4. The number of likely N-dealkylation sites (tertiary alicyclic amines) is 1. The summed E-state index contributed by atoms with van der Waals surface area (Å²) in [5.41, 5.74) is 0.920. The standard InChI is InChI=1S/C19H20F2N2O2/c20-15-8-9-18(21)14(11-15)13-25-17-7-4-10-23(12-17)19(24)22-16-5-2-1-3-6-16/h1-3,5-6,8-9,11,17H,4,7,10,12-13H2,(H,22,24)/t17-/m0/s1. The van der Waals surface area contributed by atoms with Crippen LogP contribution in [0.1, 0.15) is 18.4 Å². The maximum absolute atomic E-state index is 13.6. The summed E-state index contributed by atoms with van der Waals surface area (Å²) >= 11 is 0.